The van der Waals surface area contributed by atoms with Crippen LogP contribution >= 0.6 is 0 Å². The van der Waals surface area contributed by atoms with Crippen molar-refractivity contribution < 1.29 is 0 Å². The molecule has 0 aromatic heterocycles. The molecule has 1 aliphatic rings. The Morgan fingerprint density at radius 1 is 1.20 bits per heavy atom. The third-order valence-electron chi connectivity index (χ3n) is 4.09. The monoisotopic (exact) mass is 267 g/mol. The fraction of sp³-hybridized carbons (Fsp3) is 0.368. The molecule has 0 amide bonds. The Morgan fingerprint density at radius 3 is 2.45 bits per heavy atom. The second-order valence-corrected chi connectivity index (χ2v) is 5.59. The van der Waals surface area contributed by atoms with Crippen molar-refractivity contribution in [2.75, 3.05) is 7.05 Å². The summed E-state index contributed by atoms with van der Waals surface area (Å²) in [5, 5.41) is 3.15. The molecule has 1 aliphatic carbocycles. The smallest absolute Gasteiger partial charge is 0.00278 e. The van der Waals surface area contributed by atoms with Gasteiger partial charge in [-0.15, -0.1) is 0 Å². The van der Waals surface area contributed by atoms with Gasteiger partial charge in [0, 0.05) is 7.05 Å². The standard InChI is InChI=1S/C19H25N/c1-15(17-9-5-4-6-10-17)13-19(16(2)14-20-3)18-11-7-8-12-18/h4-6,9-10,13-14,18,20H,1,7-8,11-12H2,2-3H3/b16-14-,19-13+. The van der Waals surface area contributed by atoms with Gasteiger partial charge in [-0.3, -0.25) is 0 Å². The highest BCUT2D eigenvalue weighted by atomic mass is 14.8. The first-order valence-electron chi connectivity index (χ1n) is 7.52. The number of nitrogens with one attached hydrogen (secondary N) is 1. The molecule has 0 spiro atoms. The van der Waals surface area contributed by atoms with Crippen molar-refractivity contribution in [2.24, 2.45) is 5.92 Å². The highest BCUT2D eigenvalue weighted by molar-refractivity contribution is 5.73. The van der Waals surface area contributed by atoms with E-state index in [4.69, 9.17) is 0 Å². The third-order valence-corrected chi connectivity index (χ3v) is 4.09. The molecule has 20 heavy (non-hydrogen) atoms. The Bertz CT molecular complexity index is 502. The van der Waals surface area contributed by atoms with Crippen LogP contribution in [0.25, 0.3) is 5.57 Å². The summed E-state index contributed by atoms with van der Waals surface area (Å²) in [7, 11) is 1.96. The molecule has 0 radical (unpaired) electrons. The number of hydrogen-bond acceptors (Lipinski definition) is 1. The lowest BCUT2D eigenvalue weighted by Gasteiger charge is -2.17. The second kappa shape index (κ2) is 7.14. The van der Waals surface area contributed by atoms with Crippen molar-refractivity contribution in [3.8, 4) is 0 Å². The van der Waals surface area contributed by atoms with E-state index in [2.05, 4.69) is 55.4 Å². The van der Waals surface area contributed by atoms with Gasteiger partial charge in [0.2, 0.25) is 0 Å². The summed E-state index contributed by atoms with van der Waals surface area (Å²) in [5.74, 6) is 0.695. The average Bonchev–Trinajstić information content (AvgIpc) is 2.99. The quantitative estimate of drug-likeness (QED) is 0.745. The first-order chi connectivity index (χ1) is 9.72. The third kappa shape index (κ3) is 3.63. The molecule has 1 fully saturated rings. The maximum absolute atomic E-state index is 4.25. The SMILES string of the molecule is C=C(/C=C(\C(C)=C/NC)C1CCCC1)c1ccccc1. The van der Waals surface area contributed by atoms with Crippen LogP contribution in [0.15, 0.2) is 60.3 Å². The lowest BCUT2D eigenvalue weighted by molar-refractivity contribution is 0.648. The van der Waals surface area contributed by atoms with Crippen LogP contribution in [0, 0.1) is 5.92 Å². The minimum Gasteiger partial charge on any atom is -0.394 e. The van der Waals surface area contributed by atoms with Crippen molar-refractivity contribution >= 4 is 5.57 Å². The van der Waals surface area contributed by atoms with Gasteiger partial charge in [-0.05, 0) is 54.2 Å². The molecule has 0 saturated heterocycles. The average molecular weight is 267 g/mol. The molecule has 0 heterocycles. The summed E-state index contributed by atoms with van der Waals surface area (Å²) in [6.07, 6.45) is 9.71. The van der Waals surface area contributed by atoms with Crippen LogP contribution in [-0.2, 0) is 0 Å². The van der Waals surface area contributed by atoms with E-state index in [0.717, 1.165) is 5.57 Å². The predicted octanol–water partition coefficient (Wildman–Crippen LogP) is 4.94. The zero-order chi connectivity index (χ0) is 14.4. The molecule has 2 rings (SSSR count). The van der Waals surface area contributed by atoms with Crippen LogP contribution in [0.2, 0.25) is 0 Å². The van der Waals surface area contributed by atoms with Crippen LogP contribution in [0.4, 0.5) is 0 Å². The van der Waals surface area contributed by atoms with E-state index in [-0.39, 0.29) is 0 Å². The van der Waals surface area contributed by atoms with Gasteiger partial charge in [-0.1, -0.05) is 55.8 Å². The van der Waals surface area contributed by atoms with E-state index in [9.17, 15) is 0 Å². The van der Waals surface area contributed by atoms with Gasteiger partial charge >= 0.3 is 0 Å². The maximum Gasteiger partial charge on any atom is 0.00278 e. The lowest BCUT2D eigenvalue weighted by atomic mass is 9.89. The second-order valence-electron chi connectivity index (χ2n) is 5.59. The highest BCUT2D eigenvalue weighted by Gasteiger charge is 2.20. The Hall–Kier alpha value is -1.76. The maximum atomic E-state index is 4.25. The molecule has 1 aromatic rings. The minimum atomic E-state index is 0.695. The molecule has 1 aromatic carbocycles. The molecular formula is C19H25N. The van der Waals surface area contributed by atoms with Crippen LogP contribution in [0.1, 0.15) is 38.2 Å². The summed E-state index contributed by atoms with van der Waals surface area (Å²) < 4.78 is 0. The summed E-state index contributed by atoms with van der Waals surface area (Å²) in [6, 6.07) is 10.4. The largest absolute Gasteiger partial charge is 0.394 e. The van der Waals surface area contributed by atoms with Gasteiger partial charge in [0.1, 0.15) is 0 Å². The summed E-state index contributed by atoms with van der Waals surface area (Å²) in [6.45, 7) is 6.45. The molecule has 1 nitrogen and oxygen atoms in total. The van der Waals surface area contributed by atoms with Crippen LogP contribution in [-0.4, -0.2) is 7.05 Å². The van der Waals surface area contributed by atoms with Gasteiger partial charge < -0.3 is 5.32 Å². The fourth-order valence-corrected chi connectivity index (χ4v) is 3.01. The van der Waals surface area contributed by atoms with Gasteiger partial charge in [0.25, 0.3) is 0 Å². The van der Waals surface area contributed by atoms with Crippen LogP contribution in [0.5, 0.6) is 0 Å². The summed E-state index contributed by atoms with van der Waals surface area (Å²) in [4.78, 5) is 0. The Balaban J connectivity index is 2.28. The summed E-state index contributed by atoms with van der Waals surface area (Å²) >= 11 is 0. The predicted molar refractivity (Wildman–Crippen MR) is 88.3 cm³/mol. The van der Waals surface area contributed by atoms with E-state index in [1.54, 1.807) is 0 Å². The van der Waals surface area contributed by atoms with Crippen molar-refractivity contribution in [3.63, 3.8) is 0 Å². The number of hydrogen-bond donors (Lipinski definition) is 1. The molecule has 0 bridgehead atoms. The van der Waals surface area contributed by atoms with Crippen molar-refractivity contribution in [1.82, 2.24) is 5.32 Å². The Kier molecular flexibility index (Phi) is 5.23. The first kappa shape index (κ1) is 14.6. The lowest BCUT2D eigenvalue weighted by Crippen LogP contribution is -2.04. The van der Waals surface area contributed by atoms with Gasteiger partial charge in [-0.2, -0.15) is 0 Å². The molecular weight excluding hydrogens is 242 g/mol. The van der Waals surface area contributed by atoms with Crippen molar-refractivity contribution in [3.05, 3.63) is 65.9 Å². The van der Waals surface area contributed by atoms with Crippen LogP contribution < -0.4 is 5.32 Å². The van der Waals surface area contributed by atoms with E-state index in [0.29, 0.717) is 5.92 Å². The number of rotatable bonds is 5. The Labute approximate surface area is 123 Å². The summed E-state index contributed by atoms with van der Waals surface area (Å²) in [5.41, 5.74) is 5.10. The number of allylic oxidation sites excluding steroid dienone is 4. The normalized spacial score (nSPS) is 17.3. The van der Waals surface area contributed by atoms with E-state index in [1.807, 2.05) is 13.1 Å². The van der Waals surface area contributed by atoms with E-state index < -0.39 is 0 Å². The topological polar surface area (TPSA) is 12.0 Å². The van der Waals surface area contributed by atoms with Crippen molar-refractivity contribution in [2.45, 2.75) is 32.6 Å². The zero-order valence-electron chi connectivity index (χ0n) is 12.7. The molecule has 0 atom stereocenters. The number of benzene rings is 1. The fourth-order valence-electron chi connectivity index (χ4n) is 3.01. The molecule has 1 N–H and O–H groups in total. The molecule has 1 saturated carbocycles. The molecule has 106 valence electrons. The van der Waals surface area contributed by atoms with Gasteiger partial charge in [0.15, 0.2) is 0 Å². The van der Waals surface area contributed by atoms with E-state index in [1.165, 1.54) is 42.4 Å². The molecule has 0 aliphatic heterocycles. The Morgan fingerprint density at radius 2 is 1.85 bits per heavy atom. The zero-order valence-corrected chi connectivity index (χ0v) is 12.7. The molecule has 0 unspecified atom stereocenters. The van der Waals surface area contributed by atoms with Crippen molar-refractivity contribution in [1.29, 1.82) is 0 Å². The molecule has 1 heteroatoms. The highest BCUT2D eigenvalue weighted by Crippen LogP contribution is 2.35. The van der Waals surface area contributed by atoms with Gasteiger partial charge in [-0.25, -0.2) is 0 Å². The first-order valence-corrected chi connectivity index (χ1v) is 7.52. The van der Waals surface area contributed by atoms with Gasteiger partial charge in [0.05, 0.1) is 0 Å². The van der Waals surface area contributed by atoms with Crippen LogP contribution in [0.3, 0.4) is 0 Å². The minimum absolute atomic E-state index is 0.695. The van der Waals surface area contributed by atoms with E-state index >= 15 is 0 Å².